The summed E-state index contributed by atoms with van der Waals surface area (Å²) in [7, 11) is 0. The lowest BCUT2D eigenvalue weighted by molar-refractivity contribution is -0.130. The summed E-state index contributed by atoms with van der Waals surface area (Å²) in [5.41, 5.74) is 1.38. The average Bonchev–Trinajstić information content (AvgIpc) is 3.35. The molecular weight excluding hydrogens is 492 g/mol. The molecule has 3 N–H and O–H groups in total. The van der Waals surface area contributed by atoms with Gasteiger partial charge in [-0.25, -0.2) is 8.78 Å². The maximum atomic E-state index is 13.8. The van der Waals surface area contributed by atoms with Crippen molar-refractivity contribution in [3.8, 4) is 0 Å². The van der Waals surface area contributed by atoms with Crippen LogP contribution in [0.1, 0.15) is 50.7 Å². The number of unbranched alkanes of at least 4 members (excludes halogenated alkanes) is 1. The van der Waals surface area contributed by atoms with Crippen LogP contribution in [0.3, 0.4) is 0 Å². The van der Waals surface area contributed by atoms with Crippen molar-refractivity contribution in [1.82, 2.24) is 15.5 Å². The van der Waals surface area contributed by atoms with Gasteiger partial charge in [-0.05, 0) is 42.5 Å². The molecule has 2 amide bonds. The van der Waals surface area contributed by atoms with Crippen LogP contribution in [0.5, 0.6) is 0 Å². The third-order valence-corrected chi connectivity index (χ3v) is 6.84. The number of halogens is 2. The summed E-state index contributed by atoms with van der Waals surface area (Å²) in [6, 6.07) is 11.8. The maximum absolute atomic E-state index is 13.8. The van der Waals surface area contributed by atoms with E-state index < -0.39 is 23.8 Å². The number of nitrogens with zero attached hydrogens (tertiary/aromatic N) is 1. The van der Waals surface area contributed by atoms with Gasteiger partial charge in [0.1, 0.15) is 11.6 Å². The molecule has 0 radical (unpaired) electrons. The van der Waals surface area contributed by atoms with E-state index in [0.717, 1.165) is 24.5 Å². The standard InChI is InChI=1S/C29H39F2N3O4/c1-3-4-11-34(20(2)35)12-10-28(36)33-27(15-22-13-23(30)16-24(31)14-22)29(37)26-17-25(18-32-26)38-19-21-8-6-5-7-9-21/h5-9,13-14,16,25-27,29,32,37H,3-4,10-12,15,17-19H2,1-2H3,(H,33,36). The number of rotatable bonds is 14. The largest absolute Gasteiger partial charge is 0.389 e. The number of carbonyl (C=O) groups is 2. The zero-order chi connectivity index (χ0) is 27.5. The molecule has 7 nitrogen and oxygen atoms in total. The Morgan fingerprint density at radius 2 is 1.84 bits per heavy atom. The molecular formula is C29H39F2N3O4. The highest BCUT2D eigenvalue weighted by atomic mass is 19.1. The predicted octanol–water partition coefficient (Wildman–Crippen LogP) is 3.34. The van der Waals surface area contributed by atoms with Crippen LogP contribution in [-0.2, 0) is 27.4 Å². The monoisotopic (exact) mass is 531 g/mol. The molecule has 3 rings (SSSR count). The van der Waals surface area contributed by atoms with Gasteiger partial charge in [0.2, 0.25) is 11.8 Å². The molecule has 0 aromatic heterocycles. The maximum Gasteiger partial charge on any atom is 0.222 e. The summed E-state index contributed by atoms with van der Waals surface area (Å²) >= 11 is 0. The summed E-state index contributed by atoms with van der Waals surface area (Å²) in [5, 5.41) is 17.4. The van der Waals surface area contributed by atoms with Gasteiger partial charge in [0.25, 0.3) is 0 Å². The van der Waals surface area contributed by atoms with Crippen molar-refractivity contribution < 1.29 is 28.2 Å². The first-order valence-corrected chi connectivity index (χ1v) is 13.3. The lowest BCUT2D eigenvalue weighted by atomic mass is 9.94. The minimum Gasteiger partial charge on any atom is -0.389 e. The molecule has 0 bridgehead atoms. The van der Waals surface area contributed by atoms with Gasteiger partial charge in [0.15, 0.2) is 0 Å². The first-order valence-electron chi connectivity index (χ1n) is 13.3. The molecule has 2 aromatic rings. The predicted molar refractivity (Wildman–Crippen MR) is 141 cm³/mol. The summed E-state index contributed by atoms with van der Waals surface area (Å²) in [6.45, 7) is 5.32. The van der Waals surface area contributed by atoms with E-state index >= 15 is 0 Å². The van der Waals surface area contributed by atoms with Crippen LogP contribution in [0.2, 0.25) is 0 Å². The molecule has 0 saturated carbocycles. The number of hydrogen-bond acceptors (Lipinski definition) is 5. The second-order valence-corrected chi connectivity index (χ2v) is 9.93. The van der Waals surface area contributed by atoms with Gasteiger partial charge in [-0.15, -0.1) is 0 Å². The summed E-state index contributed by atoms with van der Waals surface area (Å²) in [6.07, 6.45) is 1.24. The summed E-state index contributed by atoms with van der Waals surface area (Å²) in [4.78, 5) is 26.4. The minimum absolute atomic E-state index is 0.0432. The average molecular weight is 532 g/mol. The van der Waals surface area contributed by atoms with Crippen molar-refractivity contribution in [2.75, 3.05) is 19.6 Å². The van der Waals surface area contributed by atoms with Gasteiger partial charge in [0.05, 0.1) is 24.9 Å². The summed E-state index contributed by atoms with van der Waals surface area (Å²) in [5.74, 6) is -1.89. The van der Waals surface area contributed by atoms with Crippen LogP contribution >= 0.6 is 0 Å². The first-order chi connectivity index (χ1) is 18.2. The van der Waals surface area contributed by atoms with E-state index in [1.165, 1.54) is 19.1 Å². The Labute approximate surface area is 223 Å². The van der Waals surface area contributed by atoms with Crippen LogP contribution in [0, 0.1) is 11.6 Å². The van der Waals surface area contributed by atoms with Gasteiger partial charge in [-0.1, -0.05) is 43.7 Å². The number of benzene rings is 2. The number of aliphatic hydroxyl groups excluding tert-OH is 1. The van der Waals surface area contributed by atoms with Crippen molar-refractivity contribution in [2.24, 2.45) is 0 Å². The van der Waals surface area contributed by atoms with Crippen molar-refractivity contribution >= 4 is 11.8 Å². The molecule has 208 valence electrons. The normalized spacial score (nSPS) is 18.7. The van der Waals surface area contributed by atoms with Crippen molar-refractivity contribution in [2.45, 2.75) is 76.9 Å². The third-order valence-electron chi connectivity index (χ3n) is 6.84. The highest BCUT2D eigenvalue weighted by Crippen LogP contribution is 2.20. The van der Waals surface area contributed by atoms with Crippen molar-refractivity contribution in [3.63, 3.8) is 0 Å². The topological polar surface area (TPSA) is 90.9 Å². The van der Waals surface area contributed by atoms with Crippen molar-refractivity contribution in [1.29, 1.82) is 0 Å². The molecule has 4 atom stereocenters. The SMILES string of the molecule is CCCCN(CCC(=O)NC(Cc1cc(F)cc(F)c1)C(O)C1CC(OCc2ccccc2)CN1)C(C)=O. The lowest BCUT2D eigenvalue weighted by Gasteiger charge is -2.29. The smallest absolute Gasteiger partial charge is 0.222 e. The third kappa shape index (κ3) is 9.45. The van der Waals surface area contributed by atoms with Crippen LogP contribution in [-0.4, -0.2) is 65.7 Å². The Kier molecular flexibility index (Phi) is 11.6. The molecule has 4 unspecified atom stereocenters. The zero-order valence-electron chi connectivity index (χ0n) is 22.2. The number of carbonyl (C=O) groups excluding carboxylic acids is 2. The van der Waals surface area contributed by atoms with E-state index in [-0.39, 0.29) is 43.3 Å². The number of aliphatic hydroxyl groups is 1. The number of ether oxygens (including phenoxy) is 1. The first kappa shape index (κ1) is 29.7. The van der Waals surface area contributed by atoms with Gasteiger partial charge in [-0.3, -0.25) is 9.59 Å². The van der Waals surface area contributed by atoms with Crippen LogP contribution in [0.25, 0.3) is 0 Å². The molecule has 0 spiro atoms. The van der Waals surface area contributed by atoms with E-state index in [4.69, 9.17) is 4.74 Å². The Bertz CT molecular complexity index is 1020. The van der Waals surface area contributed by atoms with Crippen LogP contribution in [0.4, 0.5) is 8.78 Å². The number of amides is 2. The fourth-order valence-corrected chi connectivity index (χ4v) is 4.72. The highest BCUT2D eigenvalue weighted by molar-refractivity contribution is 5.78. The molecule has 1 fully saturated rings. The molecule has 1 aliphatic rings. The van der Waals surface area contributed by atoms with E-state index in [0.29, 0.717) is 31.7 Å². The lowest BCUT2D eigenvalue weighted by Crippen LogP contribution is -2.52. The minimum atomic E-state index is -1.03. The van der Waals surface area contributed by atoms with E-state index in [1.807, 2.05) is 37.3 Å². The Morgan fingerprint density at radius 3 is 2.50 bits per heavy atom. The van der Waals surface area contributed by atoms with Gasteiger partial charge < -0.3 is 25.4 Å². The zero-order valence-corrected chi connectivity index (χ0v) is 22.2. The second-order valence-electron chi connectivity index (χ2n) is 9.93. The Balaban J connectivity index is 1.63. The highest BCUT2D eigenvalue weighted by Gasteiger charge is 2.35. The fraction of sp³-hybridized carbons (Fsp3) is 0.517. The molecule has 1 saturated heterocycles. The van der Waals surface area contributed by atoms with Gasteiger partial charge >= 0.3 is 0 Å². The van der Waals surface area contributed by atoms with Crippen LogP contribution in [0.15, 0.2) is 48.5 Å². The van der Waals surface area contributed by atoms with Crippen LogP contribution < -0.4 is 10.6 Å². The second kappa shape index (κ2) is 14.9. The molecule has 38 heavy (non-hydrogen) atoms. The Hall–Kier alpha value is -2.88. The fourth-order valence-electron chi connectivity index (χ4n) is 4.72. The molecule has 0 aliphatic carbocycles. The molecule has 9 heteroatoms. The van der Waals surface area contributed by atoms with Gasteiger partial charge in [0, 0.05) is 45.1 Å². The van der Waals surface area contributed by atoms with Gasteiger partial charge in [-0.2, -0.15) is 0 Å². The molecule has 1 aliphatic heterocycles. The number of hydrogen-bond donors (Lipinski definition) is 3. The molecule has 1 heterocycles. The number of nitrogens with one attached hydrogen (secondary N) is 2. The molecule has 2 aromatic carbocycles. The Morgan fingerprint density at radius 1 is 1.13 bits per heavy atom. The van der Waals surface area contributed by atoms with E-state index in [9.17, 15) is 23.5 Å². The summed E-state index contributed by atoms with van der Waals surface area (Å²) < 4.78 is 33.7. The van der Waals surface area contributed by atoms with E-state index in [2.05, 4.69) is 10.6 Å². The van der Waals surface area contributed by atoms with Crippen molar-refractivity contribution in [3.05, 3.63) is 71.3 Å². The van der Waals surface area contributed by atoms with E-state index in [1.54, 1.807) is 4.90 Å². The quantitative estimate of drug-likeness (QED) is 0.348.